The van der Waals surface area contributed by atoms with E-state index in [1.165, 1.54) is 51.0 Å². The van der Waals surface area contributed by atoms with E-state index in [1.54, 1.807) is 18.2 Å². The fraction of sp³-hybridized carbons (Fsp3) is 0.455. The lowest BCUT2D eigenvalue weighted by atomic mass is 10.1. The minimum atomic E-state index is -1.99. The van der Waals surface area contributed by atoms with Gasteiger partial charge in [0, 0.05) is 0 Å². The van der Waals surface area contributed by atoms with Gasteiger partial charge in [-0.2, -0.15) is 0 Å². The molecular weight excluding hydrogens is 328 g/mol. The van der Waals surface area contributed by atoms with Gasteiger partial charge in [0.25, 0.3) is 0 Å². The molecule has 4 heteroatoms. The first-order valence-corrected chi connectivity index (χ1v) is 9.37. The van der Waals surface area contributed by atoms with Crippen LogP contribution in [-0.4, -0.2) is 28.1 Å². The summed E-state index contributed by atoms with van der Waals surface area (Å²) in [4.78, 5) is 21.5. The van der Waals surface area contributed by atoms with Crippen molar-refractivity contribution in [3.8, 4) is 0 Å². The Morgan fingerprint density at radius 2 is 1.27 bits per heavy atom. The van der Waals surface area contributed by atoms with E-state index < -0.39 is 17.9 Å². The van der Waals surface area contributed by atoms with Gasteiger partial charge in [0.2, 0.25) is 6.10 Å². The molecule has 0 heterocycles. The molecule has 0 aliphatic carbocycles. The van der Waals surface area contributed by atoms with Crippen molar-refractivity contribution in [2.45, 2.75) is 64.4 Å². The van der Waals surface area contributed by atoms with Crippen molar-refractivity contribution < 1.29 is 19.8 Å². The predicted molar refractivity (Wildman–Crippen MR) is 107 cm³/mol. The number of aliphatic carboxylic acids is 1. The zero-order valence-corrected chi connectivity index (χ0v) is 15.7. The summed E-state index contributed by atoms with van der Waals surface area (Å²) in [5, 5.41) is 17.4. The van der Waals surface area contributed by atoms with E-state index in [9.17, 15) is 9.59 Å². The molecule has 0 aromatic carbocycles. The highest BCUT2D eigenvalue weighted by Gasteiger charge is 2.19. The molecule has 0 aromatic heterocycles. The Morgan fingerprint density at radius 1 is 0.769 bits per heavy atom. The Balaban J connectivity index is 3.75. The topological polar surface area (TPSA) is 74.6 Å². The number of hydrogen-bond donors (Lipinski definition) is 2. The molecule has 0 radical (unpaired) electrons. The number of carboxylic acid groups (broad SMARTS) is 1. The molecule has 0 saturated heterocycles. The number of carbonyl (C=O) groups is 2. The second kappa shape index (κ2) is 17.6. The third kappa shape index (κ3) is 15.3. The fourth-order valence-electron chi connectivity index (χ4n) is 2.14. The number of aliphatic hydroxyl groups excluding tert-OH is 1. The third-order valence-corrected chi connectivity index (χ3v) is 3.65. The normalized spacial score (nSPS) is 13.8. The highest BCUT2D eigenvalue weighted by molar-refractivity contribution is 6.06. The van der Waals surface area contributed by atoms with Crippen molar-refractivity contribution in [2.24, 2.45) is 0 Å². The highest BCUT2D eigenvalue weighted by atomic mass is 16.4. The van der Waals surface area contributed by atoms with Gasteiger partial charge in [-0.3, -0.25) is 4.79 Å². The van der Waals surface area contributed by atoms with Gasteiger partial charge in [0.15, 0.2) is 5.78 Å². The second-order valence-corrected chi connectivity index (χ2v) is 6.00. The van der Waals surface area contributed by atoms with E-state index in [2.05, 4.69) is 13.0 Å². The van der Waals surface area contributed by atoms with Crippen LogP contribution in [0.2, 0.25) is 0 Å². The van der Waals surface area contributed by atoms with Gasteiger partial charge in [0.1, 0.15) is 0 Å². The summed E-state index contributed by atoms with van der Waals surface area (Å²) in [5.41, 5.74) is 0. The first kappa shape index (κ1) is 23.8. The zero-order valence-electron chi connectivity index (χ0n) is 15.7. The van der Waals surface area contributed by atoms with Crippen molar-refractivity contribution in [3.63, 3.8) is 0 Å². The molecule has 0 bridgehead atoms. The van der Waals surface area contributed by atoms with Crippen molar-refractivity contribution in [3.05, 3.63) is 60.8 Å². The number of allylic oxidation sites excluding steroid dienone is 9. The Kier molecular flexibility index (Phi) is 16.1. The quantitative estimate of drug-likeness (QED) is 0.188. The van der Waals surface area contributed by atoms with Gasteiger partial charge in [-0.25, -0.2) is 4.79 Å². The third-order valence-electron chi connectivity index (χ3n) is 3.65. The Bertz CT molecular complexity index is 524. The van der Waals surface area contributed by atoms with E-state index >= 15 is 0 Å². The second-order valence-electron chi connectivity index (χ2n) is 6.00. The lowest BCUT2D eigenvalue weighted by molar-refractivity contribution is -0.150. The first-order chi connectivity index (χ1) is 12.6. The smallest absolute Gasteiger partial charge is 0.340 e. The van der Waals surface area contributed by atoms with Crippen LogP contribution in [0.25, 0.3) is 0 Å². The van der Waals surface area contributed by atoms with E-state index in [1.807, 2.05) is 24.3 Å². The van der Waals surface area contributed by atoms with Gasteiger partial charge in [0.05, 0.1) is 0 Å². The van der Waals surface area contributed by atoms with Crippen molar-refractivity contribution in [1.29, 1.82) is 0 Å². The largest absolute Gasteiger partial charge is 0.479 e. The van der Waals surface area contributed by atoms with E-state index in [4.69, 9.17) is 10.2 Å². The van der Waals surface area contributed by atoms with Crippen molar-refractivity contribution in [1.82, 2.24) is 0 Å². The van der Waals surface area contributed by atoms with Crippen molar-refractivity contribution >= 4 is 11.8 Å². The Morgan fingerprint density at radius 3 is 1.85 bits per heavy atom. The van der Waals surface area contributed by atoms with Gasteiger partial charge < -0.3 is 10.2 Å². The minimum Gasteiger partial charge on any atom is -0.479 e. The number of carbonyl (C=O) groups excluding carboxylic acids is 1. The maximum Gasteiger partial charge on any atom is 0.340 e. The molecule has 1 atom stereocenters. The molecule has 0 rings (SSSR count). The number of aliphatic hydroxyl groups is 1. The molecule has 0 aliphatic rings. The van der Waals surface area contributed by atoms with Crippen molar-refractivity contribution in [2.75, 3.05) is 0 Å². The van der Waals surface area contributed by atoms with Crippen LogP contribution in [-0.2, 0) is 9.59 Å². The van der Waals surface area contributed by atoms with E-state index in [0.717, 1.165) is 12.5 Å². The maximum absolute atomic E-state index is 11.2. The molecule has 4 nitrogen and oxygen atoms in total. The predicted octanol–water partition coefficient (Wildman–Crippen LogP) is 4.92. The molecule has 1 unspecified atom stereocenters. The molecule has 144 valence electrons. The van der Waals surface area contributed by atoms with Crippen LogP contribution in [0, 0.1) is 0 Å². The van der Waals surface area contributed by atoms with E-state index in [-0.39, 0.29) is 0 Å². The molecule has 0 spiro atoms. The number of ketones is 1. The SMILES string of the molecule is CCCCCCCCCC=CC=CC=CC=CC=CC(=O)C(O)C(=O)O. The summed E-state index contributed by atoms with van der Waals surface area (Å²) < 4.78 is 0. The molecule has 0 fully saturated rings. The average Bonchev–Trinajstić information content (AvgIpc) is 2.63. The summed E-state index contributed by atoms with van der Waals surface area (Å²) in [6, 6.07) is 0. The van der Waals surface area contributed by atoms with E-state index in [0.29, 0.717) is 0 Å². The molecule has 26 heavy (non-hydrogen) atoms. The molecule has 0 saturated carbocycles. The van der Waals surface area contributed by atoms with Crippen LogP contribution in [0.4, 0.5) is 0 Å². The summed E-state index contributed by atoms with van der Waals surface area (Å²) in [5.74, 6) is -2.40. The van der Waals surface area contributed by atoms with Crippen LogP contribution in [0.15, 0.2) is 60.8 Å². The summed E-state index contributed by atoms with van der Waals surface area (Å²) in [7, 11) is 0. The molecule has 2 N–H and O–H groups in total. The van der Waals surface area contributed by atoms with Crippen LogP contribution < -0.4 is 0 Å². The zero-order chi connectivity index (χ0) is 19.5. The molecule has 0 amide bonds. The lowest BCUT2D eigenvalue weighted by Gasteiger charge is -1.98. The Hall–Kier alpha value is -2.20. The van der Waals surface area contributed by atoms with Crippen LogP contribution in [0.3, 0.4) is 0 Å². The number of unbranched alkanes of at least 4 members (excludes halogenated alkanes) is 7. The average molecular weight is 360 g/mol. The van der Waals surface area contributed by atoms with Gasteiger partial charge in [-0.15, -0.1) is 0 Å². The first-order valence-electron chi connectivity index (χ1n) is 9.37. The number of hydrogen-bond acceptors (Lipinski definition) is 3. The van der Waals surface area contributed by atoms with Crippen LogP contribution >= 0.6 is 0 Å². The number of carboxylic acids is 1. The standard InChI is InChI=1S/C22H32O4/c1-2-3-4-5-6-7-8-9-10-11-12-13-14-15-16-17-18-19-20(23)21(24)22(25)26/h10-19,21,24H,2-9H2,1H3,(H,25,26). The van der Waals surface area contributed by atoms with Gasteiger partial charge >= 0.3 is 5.97 Å². The van der Waals surface area contributed by atoms with Gasteiger partial charge in [-0.05, 0) is 18.9 Å². The molecule has 0 aliphatic heterocycles. The fourth-order valence-corrected chi connectivity index (χ4v) is 2.14. The summed E-state index contributed by atoms with van der Waals surface area (Å²) in [6.45, 7) is 2.24. The molecule has 0 aromatic rings. The monoisotopic (exact) mass is 360 g/mol. The van der Waals surface area contributed by atoms with Gasteiger partial charge in [-0.1, -0.05) is 100 Å². The maximum atomic E-state index is 11.2. The summed E-state index contributed by atoms with van der Waals surface area (Å²) in [6.07, 6.45) is 25.9. The van der Waals surface area contributed by atoms with Crippen LogP contribution in [0.1, 0.15) is 58.3 Å². The van der Waals surface area contributed by atoms with Crippen LogP contribution in [0.5, 0.6) is 0 Å². The lowest BCUT2D eigenvalue weighted by Crippen LogP contribution is -2.27. The summed E-state index contributed by atoms with van der Waals surface area (Å²) >= 11 is 0. The minimum absolute atomic E-state index is 0.850. The number of rotatable bonds is 15. The highest BCUT2D eigenvalue weighted by Crippen LogP contribution is 2.08. The molecular formula is C22H32O4. The Labute approximate surface area is 157 Å².